The van der Waals surface area contributed by atoms with Gasteiger partial charge in [0.2, 0.25) is 0 Å². The summed E-state index contributed by atoms with van der Waals surface area (Å²) in [6, 6.07) is 5.99. The first-order chi connectivity index (χ1) is 9.69. The molecule has 0 bridgehead atoms. The number of phenolic OH excluding ortho intramolecular Hbond substituents is 1. The zero-order valence-corrected chi connectivity index (χ0v) is 12.4. The van der Waals surface area contributed by atoms with Gasteiger partial charge in [-0.25, -0.2) is 0 Å². The van der Waals surface area contributed by atoms with Crippen LogP contribution in [0.3, 0.4) is 0 Å². The smallest absolute Gasteiger partial charge is 0.134 e. The minimum Gasteiger partial charge on any atom is -0.508 e. The Morgan fingerprint density at radius 3 is 3.05 bits per heavy atom. The van der Waals surface area contributed by atoms with Gasteiger partial charge in [-0.05, 0) is 38.1 Å². The molecular formula is C17H23NO2. The first-order valence-electron chi connectivity index (χ1n) is 7.62. The van der Waals surface area contributed by atoms with Crippen molar-refractivity contribution in [3.63, 3.8) is 0 Å². The molecule has 0 saturated heterocycles. The largest absolute Gasteiger partial charge is 0.508 e. The van der Waals surface area contributed by atoms with Gasteiger partial charge in [0.25, 0.3) is 0 Å². The van der Waals surface area contributed by atoms with Gasteiger partial charge in [-0.1, -0.05) is 19.8 Å². The number of nitrogens with zero attached hydrogens (tertiary/aromatic N) is 1. The van der Waals surface area contributed by atoms with Crippen LogP contribution in [0.4, 0.5) is 0 Å². The van der Waals surface area contributed by atoms with E-state index in [4.69, 9.17) is 4.42 Å². The van der Waals surface area contributed by atoms with Gasteiger partial charge in [-0.3, -0.25) is 0 Å². The quantitative estimate of drug-likeness (QED) is 0.925. The van der Waals surface area contributed by atoms with Crippen molar-refractivity contribution in [3.8, 4) is 5.75 Å². The summed E-state index contributed by atoms with van der Waals surface area (Å²) in [4.78, 5) is 2.46. The third-order valence-corrected chi connectivity index (χ3v) is 4.51. The van der Waals surface area contributed by atoms with Gasteiger partial charge in [0, 0.05) is 30.0 Å². The minimum absolute atomic E-state index is 0.321. The fourth-order valence-corrected chi connectivity index (χ4v) is 3.23. The number of rotatable bonds is 3. The van der Waals surface area contributed by atoms with Crippen LogP contribution in [-0.4, -0.2) is 29.6 Å². The lowest BCUT2D eigenvalue weighted by atomic mass is 10.0. The van der Waals surface area contributed by atoms with Crippen LogP contribution in [0.25, 0.3) is 11.0 Å². The highest BCUT2D eigenvalue weighted by Crippen LogP contribution is 2.33. The van der Waals surface area contributed by atoms with E-state index in [0.29, 0.717) is 11.8 Å². The van der Waals surface area contributed by atoms with Crippen LogP contribution in [0.5, 0.6) is 5.75 Å². The summed E-state index contributed by atoms with van der Waals surface area (Å²) in [5, 5.41) is 10.8. The zero-order chi connectivity index (χ0) is 14.1. The molecule has 0 spiro atoms. The highest BCUT2D eigenvalue weighted by Gasteiger charge is 2.25. The highest BCUT2D eigenvalue weighted by atomic mass is 16.3. The Morgan fingerprint density at radius 1 is 1.40 bits per heavy atom. The second kappa shape index (κ2) is 5.49. The number of unbranched alkanes of at least 4 members (excludes halogenated alkanes) is 1. The van der Waals surface area contributed by atoms with Crippen molar-refractivity contribution >= 4 is 11.0 Å². The molecule has 0 aliphatic carbocycles. The number of phenols is 1. The van der Waals surface area contributed by atoms with E-state index in [2.05, 4.69) is 18.9 Å². The molecule has 3 heteroatoms. The molecule has 2 heterocycles. The van der Waals surface area contributed by atoms with Crippen LogP contribution in [0, 0.1) is 0 Å². The molecule has 0 amide bonds. The van der Waals surface area contributed by atoms with E-state index in [1.807, 2.05) is 12.1 Å². The molecular weight excluding hydrogens is 250 g/mol. The summed E-state index contributed by atoms with van der Waals surface area (Å²) in [6.45, 7) is 3.30. The SMILES string of the molecule is CCCCC1Cc2oc3ccc(O)cc3c2CCN1C. The summed E-state index contributed by atoms with van der Waals surface area (Å²) in [7, 11) is 2.21. The van der Waals surface area contributed by atoms with Crippen LogP contribution < -0.4 is 0 Å². The van der Waals surface area contributed by atoms with Crippen molar-refractivity contribution in [2.75, 3.05) is 13.6 Å². The Labute approximate surface area is 120 Å². The first-order valence-corrected chi connectivity index (χ1v) is 7.62. The van der Waals surface area contributed by atoms with E-state index in [1.165, 1.54) is 24.8 Å². The Morgan fingerprint density at radius 2 is 2.25 bits per heavy atom. The number of hydrogen-bond donors (Lipinski definition) is 1. The number of benzene rings is 1. The van der Waals surface area contributed by atoms with E-state index < -0.39 is 0 Å². The molecule has 1 aromatic heterocycles. The predicted octanol–water partition coefficient (Wildman–Crippen LogP) is 3.73. The van der Waals surface area contributed by atoms with Crippen molar-refractivity contribution in [2.24, 2.45) is 0 Å². The summed E-state index contributed by atoms with van der Waals surface area (Å²) in [5.74, 6) is 1.44. The van der Waals surface area contributed by atoms with Crippen LogP contribution in [-0.2, 0) is 12.8 Å². The van der Waals surface area contributed by atoms with Gasteiger partial charge in [-0.2, -0.15) is 0 Å². The number of aromatic hydroxyl groups is 1. The van der Waals surface area contributed by atoms with E-state index in [1.54, 1.807) is 6.07 Å². The third-order valence-electron chi connectivity index (χ3n) is 4.51. The summed E-state index contributed by atoms with van der Waals surface area (Å²) >= 11 is 0. The van der Waals surface area contributed by atoms with Crippen molar-refractivity contribution in [1.82, 2.24) is 4.90 Å². The van der Waals surface area contributed by atoms with Gasteiger partial charge in [0.15, 0.2) is 0 Å². The molecule has 20 heavy (non-hydrogen) atoms. The Bertz CT molecular complexity index is 602. The third kappa shape index (κ3) is 2.42. The van der Waals surface area contributed by atoms with Gasteiger partial charge >= 0.3 is 0 Å². The normalized spacial score (nSPS) is 20.0. The van der Waals surface area contributed by atoms with Crippen LogP contribution in [0.15, 0.2) is 22.6 Å². The molecule has 1 aliphatic heterocycles. The highest BCUT2D eigenvalue weighted by molar-refractivity contribution is 5.83. The van der Waals surface area contributed by atoms with E-state index in [9.17, 15) is 5.11 Å². The average Bonchev–Trinajstić information content (AvgIpc) is 2.69. The van der Waals surface area contributed by atoms with Crippen molar-refractivity contribution in [3.05, 3.63) is 29.5 Å². The van der Waals surface area contributed by atoms with Gasteiger partial charge in [-0.15, -0.1) is 0 Å². The second-order valence-electron chi connectivity index (χ2n) is 5.92. The lowest BCUT2D eigenvalue weighted by Gasteiger charge is -2.25. The van der Waals surface area contributed by atoms with Gasteiger partial charge < -0.3 is 14.4 Å². The molecule has 1 N–H and O–H groups in total. The standard InChI is InChI=1S/C17H23NO2/c1-3-4-5-12-10-17-14(8-9-18(12)2)15-11-13(19)6-7-16(15)20-17/h6-7,11-12,19H,3-5,8-10H2,1-2H3. The molecule has 1 unspecified atom stereocenters. The number of fused-ring (bicyclic) bond motifs is 3. The van der Waals surface area contributed by atoms with Crippen LogP contribution in [0.1, 0.15) is 37.5 Å². The maximum atomic E-state index is 9.69. The maximum Gasteiger partial charge on any atom is 0.134 e. The van der Waals surface area contributed by atoms with Crippen molar-refractivity contribution < 1.29 is 9.52 Å². The monoisotopic (exact) mass is 273 g/mol. The zero-order valence-electron chi connectivity index (χ0n) is 12.4. The molecule has 0 saturated carbocycles. The number of likely N-dealkylation sites (N-methyl/N-ethyl adjacent to an activating group) is 1. The van der Waals surface area contributed by atoms with Gasteiger partial charge in [0.05, 0.1) is 0 Å². The van der Waals surface area contributed by atoms with Crippen molar-refractivity contribution in [2.45, 2.75) is 45.1 Å². The van der Waals surface area contributed by atoms with E-state index >= 15 is 0 Å². The summed E-state index contributed by atoms with van der Waals surface area (Å²) in [6.07, 6.45) is 5.73. The Hall–Kier alpha value is -1.48. The molecule has 3 nitrogen and oxygen atoms in total. The van der Waals surface area contributed by atoms with Crippen LogP contribution >= 0.6 is 0 Å². The Kier molecular flexibility index (Phi) is 3.70. The predicted molar refractivity (Wildman–Crippen MR) is 81.2 cm³/mol. The van der Waals surface area contributed by atoms with Crippen molar-refractivity contribution in [1.29, 1.82) is 0 Å². The maximum absolute atomic E-state index is 9.69. The Balaban J connectivity index is 1.95. The van der Waals surface area contributed by atoms with Crippen LogP contribution in [0.2, 0.25) is 0 Å². The lowest BCUT2D eigenvalue weighted by Crippen LogP contribution is -2.33. The fraction of sp³-hybridized carbons (Fsp3) is 0.529. The first kappa shape index (κ1) is 13.5. The minimum atomic E-state index is 0.321. The molecule has 1 atom stereocenters. The number of hydrogen-bond acceptors (Lipinski definition) is 3. The molecule has 0 radical (unpaired) electrons. The van der Waals surface area contributed by atoms with E-state index in [-0.39, 0.29) is 0 Å². The molecule has 1 aromatic carbocycles. The summed E-state index contributed by atoms with van der Waals surface area (Å²) in [5.41, 5.74) is 2.20. The topological polar surface area (TPSA) is 36.6 Å². The molecule has 0 fully saturated rings. The number of furan rings is 1. The molecule has 3 rings (SSSR count). The van der Waals surface area contributed by atoms with Gasteiger partial charge in [0.1, 0.15) is 17.1 Å². The molecule has 2 aromatic rings. The molecule has 1 aliphatic rings. The van der Waals surface area contributed by atoms with E-state index in [0.717, 1.165) is 36.1 Å². The lowest BCUT2D eigenvalue weighted by molar-refractivity contribution is 0.229. The fourth-order valence-electron chi connectivity index (χ4n) is 3.23. The average molecular weight is 273 g/mol. The molecule has 108 valence electrons. The summed E-state index contributed by atoms with van der Waals surface area (Å²) < 4.78 is 6.05. The second-order valence-corrected chi connectivity index (χ2v) is 5.92.